The second kappa shape index (κ2) is 6.37. The van der Waals surface area contributed by atoms with E-state index in [1.807, 2.05) is 12.1 Å². The van der Waals surface area contributed by atoms with Gasteiger partial charge in [0.1, 0.15) is 12.4 Å². The third-order valence-corrected chi connectivity index (χ3v) is 4.43. The van der Waals surface area contributed by atoms with Gasteiger partial charge in [0.25, 0.3) is 0 Å². The summed E-state index contributed by atoms with van der Waals surface area (Å²) in [6.07, 6.45) is 3.65. The second-order valence-corrected chi connectivity index (χ2v) is 6.12. The minimum Gasteiger partial charge on any atom is -0.487 e. The van der Waals surface area contributed by atoms with E-state index in [2.05, 4.69) is 34.7 Å². The monoisotopic (exact) mass is 288 g/mol. The van der Waals surface area contributed by atoms with Gasteiger partial charge in [-0.3, -0.25) is 0 Å². The molecule has 0 unspecified atom stereocenters. The Kier molecular flexibility index (Phi) is 4.33. The summed E-state index contributed by atoms with van der Waals surface area (Å²) in [5, 5.41) is 6.76. The molecule has 0 saturated heterocycles. The summed E-state index contributed by atoms with van der Waals surface area (Å²) < 4.78 is 5.77. The van der Waals surface area contributed by atoms with Gasteiger partial charge in [-0.05, 0) is 37.0 Å². The number of hydrogen-bond acceptors (Lipinski definition) is 4. The normalized spacial score (nSPS) is 14.4. The van der Waals surface area contributed by atoms with E-state index in [0.29, 0.717) is 6.61 Å². The predicted molar refractivity (Wildman–Crippen MR) is 82.1 cm³/mol. The Hall–Kier alpha value is -1.39. The lowest BCUT2D eigenvalue weighted by Gasteiger charge is -2.06. The molecule has 0 spiro atoms. The first kappa shape index (κ1) is 13.6. The lowest BCUT2D eigenvalue weighted by molar-refractivity contribution is 0.302. The number of nitrogens with zero attached hydrogens (tertiary/aromatic N) is 1. The molecule has 0 aliphatic heterocycles. The van der Waals surface area contributed by atoms with Gasteiger partial charge >= 0.3 is 0 Å². The maximum Gasteiger partial charge on any atom is 0.131 e. The van der Waals surface area contributed by atoms with Gasteiger partial charge in [0.2, 0.25) is 0 Å². The molecule has 0 radical (unpaired) electrons. The molecule has 1 fully saturated rings. The number of ether oxygens (including phenoxy) is 1. The second-order valence-electron chi connectivity index (χ2n) is 5.17. The summed E-state index contributed by atoms with van der Waals surface area (Å²) in [4.78, 5) is 4.50. The Morgan fingerprint density at radius 1 is 1.30 bits per heavy atom. The van der Waals surface area contributed by atoms with Gasteiger partial charge in [-0.2, -0.15) is 0 Å². The van der Waals surface area contributed by atoms with Crippen LogP contribution in [0.15, 0.2) is 29.6 Å². The van der Waals surface area contributed by atoms with E-state index in [1.54, 1.807) is 11.3 Å². The van der Waals surface area contributed by atoms with Crippen LogP contribution in [0.3, 0.4) is 0 Å². The van der Waals surface area contributed by atoms with E-state index in [4.69, 9.17) is 4.74 Å². The molecule has 1 aromatic carbocycles. The van der Waals surface area contributed by atoms with Gasteiger partial charge in [-0.25, -0.2) is 4.98 Å². The number of nitrogens with one attached hydrogen (secondary N) is 1. The van der Waals surface area contributed by atoms with Crippen molar-refractivity contribution in [3.05, 3.63) is 45.9 Å². The first-order chi connectivity index (χ1) is 9.83. The molecule has 1 aliphatic carbocycles. The lowest BCUT2D eigenvalue weighted by atomic mass is 10.2. The Bertz CT molecular complexity index is 546. The molecule has 1 saturated carbocycles. The Morgan fingerprint density at radius 2 is 2.10 bits per heavy atom. The molecular weight excluding hydrogens is 268 g/mol. The number of aryl methyl sites for hydroxylation is 1. The number of aromatic nitrogens is 1. The van der Waals surface area contributed by atoms with Gasteiger partial charge in [0.15, 0.2) is 0 Å². The molecule has 1 N–H and O–H groups in total. The van der Waals surface area contributed by atoms with E-state index < -0.39 is 0 Å². The van der Waals surface area contributed by atoms with Gasteiger partial charge in [-0.1, -0.05) is 19.1 Å². The van der Waals surface area contributed by atoms with E-state index in [9.17, 15) is 0 Å². The van der Waals surface area contributed by atoms with E-state index >= 15 is 0 Å². The van der Waals surface area contributed by atoms with Crippen molar-refractivity contribution in [2.24, 2.45) is 0 Å². The van der Waals surface area contributed by atoms with E-state index in [-0.39, 0.29) is 0 Å². The van der Waals surface area contributed by atoms with Crippen molar-refractivity contribution < 1.29 is 4.74 Å². The quantitative estimate of drug-likeness (QED) is 0.846. The molecule has 1 aromatic heterocycles. The molecule has 106 valence electrons. The molecule has 2 aromatic rings. The van der Waals surface area contributed by atoms with Gasteiger partial charge in [0, 0.05) is 18.0 Å². The Labute approximate surface area is 124 Å². The zero-order chi connectivity index (χ0) is 13.8. The summed E-state index contributed by atoms with van der Waals surface area (Å²) in [6, 6.07) is 9.09. The van der Waals surface area contributed by atoms with Crippen LogP contribution in [0.1, 0.15) is 36.0 Å². The van der Waals surface area contributed by atoms with Crippen LogP contribution in [-0.2, 0) is 19.6 Å². The number of rotatable bonds is 7. The minimum absolute atomic E-state index is 0.552. The van der Waals surface area contributed by atoms with Crippen molar-refractivity contribution in [1.82, 2.24) is 10.3 Å². The summed E-state index contributed by atoms with van der Waals surface area (Å²) in [5.74, 6) is 0.909. The largest absolute Gasteiger partial charge is 0.487 e. The molecule has 0 amide bonds. The lowest BCUT2D eigenvalue weighted by Crippen LogP contribution is -2.15. The maximum absolute atomic E-state index is 5.77. The first-order valence-corrected chi connectivity index (χ1v) is 8.10. The van der Waals surface area contributed by atoms with Crippen molar-refractivity contribution in [1.29, 1.82) is 0 Å². The topological polar surface area (TPSA) is 34.1 Å². The smallest absolute Gasteiger partial charge is 0.131 e. The third-order valence-electron chi connectivity index (χ3n) is 3.38. The number of hydrogen-bond donors (Lipinski definition) is 1. The highest BCUT2D eigenvalue weighted by atomic mass is 32.1. The average molecular weight is 288 g/mol. The van der Waals surface area contributed by atoms with Crippen LogP contribution in [-0.4, -0.2) is 11.0 Å². The van der Waals surface area contributed by atoms with Crippen LogP contribution >= 0.6 is 11.3 Å². The van der Waals surface area contributed by atoms with Gasteiger partial charge < -0.3 is 10.1 Å². The van der Waals surface area contributed by atoms with Crippen LogP contribution in [0, 0.1) is 0 Å². The van der Waals surface area contributed by atoms with Crippen molar-refractivity contribution >= 4 is 11.3 Å². The fourth-order valence-electron chi connectivity index (χ4n) is 1.99. The number of benzene rings is 1. The van der Waals surface area contributed by atoms with Crippen LogP contribution in [0.2, 0.25) is 0 Å². The highest BCUT2D eigenvalue weighted by Gasteiger charge is 2.19. The van der Waals surface area contributed by atoms with E-state index in [0.717, 1.165) is 30.5 Å². The van der Waals surface area contributed by atoms with Crippen molar-refractivity contribution in [2.45, 2.75) is 45.4 Å². The zero-order valence-electron chi connectivity index (χ0n) is 11.8. The molecule has 0 bridgehead atoms. The van der Waals surface area contributed by atoms with Crippen LogP contribution < -0.4 is 10.1 Å². The molecule has 1 aliphatic rings. The molecule has 3 nitrogen and oxygen atoms in total. The van der Waals surface area contributed by atoms with Crippen molar-refractivity contribution in [3.8, 4) is 5.75 Å². The highest BCUT2D eigenvalue weighted by Crippen LogP contribution is 2.20. The van der Waals surface area contributed by atoms with Crippen LogP contribution in [0.25, 0.3) is 0 Å². The maximum atomic E-state index is 5.77. The Morgan fingerprint density at radius 3 is 2.75 bits per heavy atom. The molecule has 20 heavy (non-hydrogen) atoms. The van der Waals surface area contributed by atoms with Crippen molar-refractivity contribution in [3.63, 3.8) is 0 Å². The standard InChI is InChI=1S/C16H20N2OS/c1-2-16-18-14(11-20-16)10-19-15-7-3-12(4-8-15)9-17-13-5-6-13/h3-4,7-8,11,13,17H,2,5-6,9-10H2,1H3. The van der Waals surface area contributed by atoms with Crippen LogP contribution in [0.5, 0.6) is 5.75 Å². The van der Waals surface area contributed by atoms with Crippen LogP contribution in [0.4, 0.5) is 0 Å². The SMILES string of the molecule is CCc1nc(COc2ccc(CNC3CC3)cc2)cs1. The summed E-state index contributed by atoms with van der Waals surface area (Å²) >= 11 is 1.70. The Balaban J connectivity index is 1.49. The molecule has 4 heteroatoms. The minimum atomic E-state index is 0.552. The fourth-order valence-corrected chi connectivity index (χ4v) is 2.72. The third kappa shape index (κ3) is 3.81. The van der Waals surface area contributed by atoms with Gasteiger partial charge in [0.05, 0.1) is 10.7 Å². The van der Waals surface area contributed by atoms with E-state index in [1.165, 1.54) is 23.4 Å². The number of thiazole rings is 1. The predicted octanol–water partition coefficient (Wildman–Crippen LogP) is 3.54. The zero-order valence-corrected chi connectivity index (χ0v) is 12.6. The molecule has 3 rings (SSSR count). The van der Waals surface area contributed by atoms with Gasteiger partial charge in [-0.15, -0.1) is 11.3 Å². The molecule has 0 atom stereocenters. The highest BCUT2D eigenvalue weighted by molar-refractivity contribution is 7.09. The molecule has 1 heterocycles. The average Bonchev–Trinajstić information content (AvgIpc) is 3.21. The first-order valence-electron chi connectivity index (χ1n) is 7.22. The summed E-state index contributed by atoms with van der Waals surface area (Å²) in [5.41, 5.74) is 2.33. The fraction of sp³-hybridized carbons (Fsp3) is 0.438. The summed E-state index contributed by atoms with van der Waals surface area (Å²) in [7, 11) is 0. The molecular formula is C16H20N2OS. The summed E-state index contributed by atoms with van der Waals surface area (Å²) in [6.45, 7) is 3.63. The van der Waals surface area contributed by atoms with Crippen molar-refractivity contribution in [2.75, 3.05) is 0 Å².